The number of methoxy groups -OCH3 is 2. The molecule has 1 fully saturated rings. The number of hydrogen-bond donors (Lipinski definition) is 0. The van der Waals surface area contributed by atoms with E-state index < -0.39 is 4.92 Å². The van der Waals surface area contributed by atoms with Gasteiger partial charge < -0.3 is 14.4 Å². The molecule has 7 nitrogen and oxygen atoms in total. The summed E-state index contributed by atoms with van der Waals surface area (Å²) < 4.78 is 10.7. The standard InChI is InChI=1S/C19H19ClN2O5/c1-26-15-6-8-18(27-2)12(9-15)11-21(13-3-4-13)19(23)16-10-14(22(24)25)5-7-17(16)20/h5-10,13H,3-4,11H2,1-2H3. The van der Waals surface area contributed by atoms with Crippen molar-refractivity contribution in [1.29, 1.82) is 0 Å². The third-order valence-electron chi connectivity index (χ3n) is 4.47. The highest BCUT2D eigenvalue weighted by molar-refractivity contribution is 6.34. The minimum absolute atomic E-state index is 0.0729. The average molecular weight is 391 g/mol. The van der Waals surface area contributed by atoms with Crippen LogP contribution in [0.5, 0.6) is 11.5 Å². The summed E-state index contributed by atoms with van der Waals surface area (Å²) in [5, 5.41) is 11.2. The van der Waals surface area contributed by atoms with Crippen LogP contribution in [-0.4, -0.2) is 36.0 Å². The molecule has 3 rings (SSSR count). The van der Waals surface area contributed by atoms with Crippen molar-refractivity contribution in [3.05, 3.63) is 62.7 Å². The third kappa shape index (κ3) is 4.14. The zero-order valence-electron chi connectivity index (χ0n) is 15.0. The lowest BCUT2D eigenvalue weighted by molar-refractivity contribution is -0.384. The number of carbonyl (C=O) groups excluding carboxylic acids is 1. The number of halogens is 1. The average Bonchev–Trinajstić information content (AvgIpc) is 3.50. The Balaban J connectivity index is 1.94. The molecule has 8 heteroatoms. The minimum atomic E-state index is -0.542. The molecule has 1 saturated carbocycles. The Morgan fingerprint density at radius 2 is 1.96 bits per heavy atom. The Bertz CT molecular complexity index is 882. The van der Waals surface area contributed by atoms with Crippen molar-refractivity contribution in [3.63, 3.8) is 0 Å². The molecule has 1 aliphatic rings. The molecule has 0 spiro atoms. The van der Waals surface area contributed by atoms with Gasteiger partial charge in [-0.15, -0.1) is 0 Å². The number of nitro benzene ring substituents is 1. The SMILES string of the molecule is COc1ccc(OC)c(CN(C(=O)c2cc([N+](=O)[O-])ccc2Cl)C2CC2)c1. The number of nitro groups is 1. The first-order valence-corrected chi connectivity index (χ1v) is 8.78. The number of nitrogens with zero attached hydrogens (tertiary/aromatic N) is 2. The minimum Gasteiger partial charge on any atom is -0.497 e. The largest absolute Gasteiger partial charge is 0.497 e. The summed E-state index contributed by atoms with van der Waals surface area (Å²) in [7, 11) is 3.13. The van der Waals surface area contributed by atoms with Gasteiger partial charge in [0.2, 0.25) is 0 Å². The van der Waals surface area contributed by atoms with E-state index in [0.29, 0.717) is 18.0 Å². The van der Waals surface area contributed by atoms with E-state index in [9.17, 15) is 14.9 Å². The highest BCUT2D eigenvalue weighted by Crippen LogP contribution is 2.34. The van der Waals surface area contributed by atoms with E-state index in [2.05, 4.69) is 0 Å². The Hall–Kier alpha value is -2.80. The summed E-state index contributed by atoms with van der Waals surface area (Å²) in [6, 6.07) is 9.34. The second-order valence-corrected chi connectivity index (χ2v) is 6.67. The number of carbonyl (C=O) groups is 1. The van der Waals surface area contributed by atoms with E-state index in [-0.39, 0.29) is 28.2 Å². The highest BCUT2D eigenvalue weighted by atomic mass is 35.5. The Morgan fingerprint density at radius 1 is 1.22 bits per heavy atom. The first-order chi connectivity index (χ1) is 12.9. The second kappa shape index (κ2) is 7.84. The number of benzene rings is 2. The van der Waals surface area contributed by atoms with Crippen LogP contribution in [0.25, 0.3) is 0 Å². The Labute approximate surface area is 161 Å². The van der Waals surface area contributed by atoms with Gasteiger partial charge in [0, 0.05) is 23.7 Å². The van der Waals surface area contributed by atoms with Crippen LogP contribution in [0.4, 0.5) is 5.69 Å². The maximum atomic E-state index is 13.1. The molecular weight excluding hydrogens is 372 g/mol. The maximum Gasteiger partial charge on any atom is 0.270 e. The van der Waals surface area contributed by atoms with E-state index >= 15 is 0 Å². The Morgan fingerprint density at radius 3 is 2.56 bits per heavy atom. The molecule has 2 aromatic rings. The van der Waals surface area contributed by atoms with Crippen molar-refractivity contribution < 1.29 is 19.2 Å². The van der Waals surface area contributed by atoms with Crippen LogP contribution < -0.4 is 9.47 Å². The van der Waals surface area contributed by atoms with Gasteiger partial charge in [0.05, 0.1) is 36.3 Å². The number of rotatable bonds is 7. The van der Waals surface area contributed by atoms with Gasteiger partial charge >= 0.3 is 0 Å². The van der Waals surface area contributed by atoms with Gasteiger partial charge in [0.25, 0.3) is 11.6 Å². The molecule has 0 aliphatic heterocycles. The molecule has 1 amide bonds. The van der Waals surface area contributed by atoms with Crippen molar-refractivity contribution in [2.75, 3.05) is 14.2 Å². The summed E-state index contributed by atoms with van der Waals surface area (Å²) in [6.07, 6.45) is 1.76. The van der Waals surface area contributed by atoms with E-state index in [1.807, 2.05) is 6.07 Å². The molecule has 0 heterocycles. The monoisotopic (exact) mass is 390 g/mol. The highest BCUT2D eigenvalue weighted by Gasteiger charge is 2.35. The lowest BCUT2D eigenvalue weighted by atomic mass is 10.1. The number of ether oxygens (including phenoxy) is 2. The summed E-state index contributed by atoms with van der Waals surface area (Å²) in [5.74, 6) is 0.956. The molecule has 27 heavy (non-hydrogen) atoms. The van der Waals surface area contributed by atoms with E-state index in [1.54, 1.807) is 31.3 Å². The van der Waals surface area contributed by atoms with Crippen molar-refractivity contribution in [3.8, 4) is 11.5 Å². The van der Waals surface area contributed by atoms with E-state index in [0.717, 1.165) is 18.4 Å². The molecule has 2 aromatic carbocycles. The van der Waals surface area contributed by atoms with Crippen molar-refractivity contribution in [1.82, 2.24) is 4.90 Å². The fraction of sp³-hybridized carbons (Fsp3) is 0.316. The topological polar surface area (TPSA) is 81.9 Å². The molecular formula is C19H19ClN2O5. The van der Waals surface area contributed by atoms with Crippen LogP contribution >= 0.6 is 11.6 Å². The zero-order valence-corrected chi connectivity index (χ0v) is 15.7. The van der Waals surface area contributed by atoms with Crippen LogP contribution in [0.2, 0.25) is 5.02 Å². The summed E-state index contributed by atoms with van der Waals surface area (Å²) in [4.78, 5) is 25.3. The van der Waals surface area contributed by atoms with E-state index in [1.165, 1.54) is 18.2 Å². The molecule has 0 N–H and O–H groups in total. The molecule has 0 unspecified atom stereocenters. The lowest BCUT2D eigenvalue weighted by Gasteiger charge is -2.24. The first-order valence-electron chi connectivity index (χ1n) is 8.40. The van der Waals surface area contributed by atoms with Crippen molar-refractivity contribution in [2.24, 2.45) is 0 Å². The predicted molar refractivity (Wildman–Crippen MR) is 101 cm³/mol. The molecule has 142 valence electrons. The lowest BCUT2D eigenvalue weighted by Crippen LogP contribution is -2.33. The fourth-order valence-electron chi connectivity index (χ4n) is 2.89. The molecule has 0 bridgehead atoms. The van der Waals surface area contributed by atoms with Crippen LogP contribution in [0.1, 0.15) is 28.8 Å². The summed E-state index contributed by atoms with van der Waals surface area (Å²) >= 11 is 6.16. The first kappa shape index (κ1) is 19.0. The number of hydrogen-bond acceptors (Lipinski definition) is 5. The van der Waals surface area contributed by atoms with Crippen LogP contribution in [0.15, 0.2) is 36.4 Å². The van der Waals surface area contributed by atoms with Gasteiger partial charge in [0.15, 0.2) is 0 Å². The number of non-ortho nitro benzene ring substituents is 1. The van der Waals surface area contributed by atoms with Crippen LogP contribution in [0, 0.1) is 10.1 Å². The fourth-order valence-corrected chi connectivity index (χ4v) is 3.09. The van der Waals surface area contributed by atoms with Gasteiger partial charge in [-0.1, -0.05) is 11.6 Å². The predicted octanol–water partition coefficient (Wildman–Crippen LogP) is 4.07. The molecule has 0 atom stereocenters. The molecule has 0 radical (unpaired) electrons. The van der Waals surface area contributed by atoms with E-state index in [4.69, 9.17) is 21.1 Å². The third-order valence-corrected chi connectivity index (χ3v) is 4.80. The van der Waals surface area contributed by atoms with Gasteiger partial charge in [-0.3, -0.25) is 14.9 Å². The molecule has 0 saturated heterocycles. The van der Waals surface area contributed by atoms with Gasteiger partial charge in [-0.05, 0) is 37.1 Å². The summed E-state index contributed by atoms with van der Waals surface area (Å²) in [5.41, 5.74) is 0.746. The quantitative estimate of drug-likeness (QED) is 0.525. The Kier molecular flexibility index (Phi) is 5.51. The van der Waals surface area contributed by atoms with Crippen molar-refractivity contribution in [2.45, 2.75) is 25.4 Å². The van der Waals surface area contributed by atoms with Crippen LogP contribution in [0.3, 0.4) is 0 Å². The smallest absolute Gasteiger partial charge is 0.270 e. The van der Waals surface area contributed by atoms with Gasteiger partial charge in [-0.2, -0.15) is 0 Å². The summed E-state index contributed by atoms with van der Waals surface area (Å²) in [6.45, 7) is 0.295. The molecule has 0 aromatic heterocycles. The zero-order chi connectivity index (χ0) is 19.6. The normalized spacial score (nSPS) is 13.1. The van der Waals surface area contributed by atoms with Crippen molar-refractivity contribution >= 4 is 23.2 Å². The molecule has 1 aliphatic carbocycles. The second-order valence-electron chi connectivity index (χ2n) is 6.26. The van der Waals surface area contributed by atoms with Crippen LogP contribution in [-0.2, 0) is 6.54 Å². The van der Waals surface area contributed by atoms with Gasteiger partial charge in [0.1, 0.15) is 11.5 Å². The number of amides is 1. The maximum absolute atomic E-state index is 13.1. The van der Waals surface area contributed by atoms with Gasteiger partial charge in [-0.25, -0.2) is 0 Å².